The lowest BCUT2D eigenvalue weighted by molar-refractivity contribution is -0.137. The molecule has 1 heterocycles. The molecule has 0 saturated carbocycles. The van der Waals surface area contributed by atoms with Crippen molar-refractivity contribution in [3.63, 3.8) is 0 Å². The summed E-state index contributed by atoms with van der Waals surface area (Å²) in [6, 6.07) is 15.5. The van der Waals surface area contributed by atoms with E-state index in [1.807, 2.05) is 18.2 Å². The molecule has 0 atom stereocenters. The SMILES string of the molecule is O=C(Cc1cccc(C(F)(F)F)c1)N/N=C/c1ccc(OCc2ccc3c(c2)OCO3)c(Br)c1. The summed E-state index contributed by atoms with van der Waals surface area (Å²) in [5, 5.41) is 3.87. The highest BCUT2D eigenvalue weighted by Crippen LogP contribution is 2.33. The first-order valence-corrected chi connectivity index (χ1v) is 10.9. The minimum atomic E-state index is -4.46. The van der Waals surface area contributed by atoms with E-state index in [9.17, 15) is 18.0 Å². The third kappa shape index (κ3) is 6.07. The van der Waals surface area contributed by atoms with Gasteiger partial charge in [0.15, 0.2) is 11.5 Å². The van der Waals surface area contributed by atoms with Crippen LogP contribution in [0.1, 0.15) is 22.3 Å². The van der Waals surface area contributed by atoms with Gasteiger partial charge in [-0.2, -0.15) is 18.3 Å². The molecule has 0 bridgehead atoms. The molecule has 1 aliphatic heterocycles. The lowest BCUT2D eigenvalue weighted by Gasteiger charge is -2.09. The highest BCUT2D eigenvalue weighted by atomic mass is 79.9. The van der Waals surface area contributed by atoms with Gasteiger partial charge in [0.1, 0.15) is 12.4 Å². The van der Waals surface area contributed by atoms with E-state index < -0.39 is 17.6 Å². The molecule has 1 aliphatic rings. The number of amides is 1. The molecule has 0 saturated heterocycles. The fourth-order valence-electron chi connectivity index (χ4n) is 3.17. The minimum Gasteiger partial charge on any atom is -0.488 e. The number of halogens is 4. The van der Waals surface area contributed by atoms with E-state index >= 15 is 0 Å². The van der Waals surface area contributed by atoms with Crippen molar-refractivity contribution in [3.8, 4) is 17.2 Å². The van der Waals surface area contributed by atoms with E-state index in [0.717, 1.165) is 17.7 Å². The molecule has 0 aromatic heterocycles. The quantitative estimate of drug-likeness (QED) is 0.322. The average Bonchev–Trinajstić information content (AvgIpc) is 3.26. The number of fused-ring (bicyclic) bond motifs is 1. The Kier molecular flexibility index (Phi) is 7.06. The second-order valence-electron chi connectivity index (χ2n) is 7.33. The zero-order valence-corrected chi connectivity index (χ0v) is 19.2. The number of carbonyl (C=O) groups excluding carboxylic acids is 1. The second-order valence-corrected chi connectivity index (χ2v) is 8.19. The lowest BCUT2D eigenvalue weighted by atomic mass is 10.1. The Balaban J connectivity index is 1.30. The Morgan fingerprint density at radius 2 is 1.88 bits per heavy atom. The summed E-state index contributed by atoms with van der Waals surface area (Å²) in [5.41, 5.74) is 3.37. The lowest BCUT2D eigenvalue weighted by Crippen LogP contribution is -2.20. The van der Waals surface area contributed by atoms with Gasteiger partial charge in [-0.05, 0) is 69.0 Å². The maximum atomic E-state index is 12.8. The van der Waals surface area contributed by atoms with Gasteiger partial charge in [0.05, 0.1) is 22.7 Å². The van der Waals surface area contributed by atoms with Crippen molar-refractivity contribution in [2.24, 2.45) is 5.10 Å². The monoisotopic (exact) mass is 534 g/mol. The molecule has 0 spiro atoms. The Labute approximate surface area is 201 Å². The van der Waals surface area contributed by atoms with Crippen molar-refractivity contribution in [2.45, 2.75) is 19.2 Å². The zero-order valence-electron chi connectivity index (χ0n) is 17.6. The first-order valence-electron chi connectivity index (χ1n) is 10.1. The van der Waals surface area contributed by atoms with Crippen LogP contribution in [-0.2, 0) is 24.0 Å². The van der Waals surface area contributed by atoms with Gasteiger partial charge in [-0.3, -0.25) is 4.79 Å². The van der Waals surface area contributed by atoms with Crippen LogP contribution in [0.4, 0.5) is 13.2 Å². The van der Waals surface area contributed by atoms with Gasteiger partial charge in [0, 0.05) is 0 Å². The van der Waals surface area contributed by atoms with Crippen LogP contribution >= 0.6 is 15.9 Å². The van der Waals surface area contributed by atoms with Crippen molar-refractivity contribution in [2.75, 3.05) is 6.79 Å². The molecule has 3 aromatic rings. The number of rotatable bonds is 7. The van der Waals surface area contributed by atoms with Crippen molar-refractivity contribution in [3.05, 3.63) is 87.4 Å². The van der Waals surface area contributed by atoms with Gasteiger partial charge in [-0.15, -0.1) is 0 Å². The molecular weight excluding hydrogens is 517 g/mol. The summed E-state index contributed by atoms with van der Waals surface area (Å²) >= 11 is 3.45. The van der Waals surface area contributed by atoms with Crippen molar-refractivity contribution in [1.82, 2.24) is 5.43 Å². The highest BCUT2D eigenvalue weighted by molar-refractivity contribution is 9.10. The number of alkyl halides is 3. The molecule has 0 unspecified atom stereocenters. The van der Waals surface area contributed by atoms with E-state index in [0.29, 0.717) is 33.9 Å². The van der Waals surface area contributed by atoms with E-state index in [4.69, 9.17) is 14.2 Å². The number of hydrogen-bond acceptors (Lipinski definition) is 5. The molecule has 10 heteroatoms. The van der Waals surface area contributed by atoms with Gasteiger partial charge in [0.25, 0.3) is 0 Å². The fourth-order valence-corrected chi connectivity index (χ4v) is 3.68. The topological polar surface area (TPSA) is 69.2 Å². The first kappa shape index (κ1) is 23.6. The number of nitrogens with one attached hydrogen (secondary N) is 1. The standard InChI is InChI=1S/C24H18BrF3N2O4/c25-19-9-16(4-6-20(19)32-13-17-5-7-21-22(10-17)34-14-33-21)12-29-30-23(31)11-15-2-1-3-18(8-15)24(26,27)28/h1-10,12H,11,13-14H2,(H,30,31)/b29-12+. The van der Waals surface area contributed by atoms with Gasteiger partial charge >= 0.3 is 6.18 Å². The maximum absolute atomic E-state index is 12.8. The summed E-state index contributed by atoms with van der Waals surface area (Å²) in [4.78, 5) is 12.0. The maximum Gasteiger partial charge on any atom is 0.416 e. The number of nitrogens with zero attached hydrogens (tertiary/aromatic N) is 1. The number of hydrazone groups is 1. The largest absolute Gasteiger partial charge is 0.488 e. The van der Waals surface area contributed by atoms with Crippen LogP contribution in [0.3, 0.4) is 0 Å². The van der Waals surface area contributed by atoms with Crippen molar-refractivity contribution >= 4 is 28.1 Å². The molecule has 6 nitrogen and oxygen atoms in total. The molecule has 1 amide bonds. The normalized spacial score (nSPS) is 12.7. The van der Waals surface area contributed by atoms with Crippen LogP contribution in [0.15, 0.2) is 70.2 Å². The van der Waals surface area contributed by atoms with E-state index in [1.165, 1.54) is 18.3 Å². The van der Waals surface area contributed by atoms with Gasteiger partial charge in [0.2, 0.25) is 12.7 Å². The van der Waals surface area contributed by atoms with Crippen LogP contribution in [-0.4, -0.2) is 18.9 Å². The predicted octanol–water partition coefficient (Wildman–Crippen LogP) is 5.47. The van der Waals surface area contributed by atoms with Crippen LogP contribution in [0, 0.1) is 0 Å². The number of hydrogen-bond donors (Lipinski definition) is 1. The fraction of sp³-hybridized carbons (Fsp3) is 0.167. The van der Waals surface area contributed by atoms with E-state index in [2.05, 4.69) is 26.5 Å². The number of benzene rings is 3. The summed E-state index contributed by atoms with van der Waals surface area (Å²) in [5.74, 6) is 1.47. The summed E-state index contributed by atoms with van der Waals surface area (Å²) in [7, 11) is 0. The summed E-state index contributed by atoms with van der Waals surface area (Å²) in [6.45, 7) is 0.536. The molecular formula is C24H18BrF3N2O4. The van der Waals surface area contributed by atoms with E-state index in [1.54, 1.807) is 18.2 Å². The molecule has 0 radical (unpaired) electrons. The molecule has 0 aliphatic carbocycles. The predicted molar refractivity (Wildman–Crippen MR) is 122 cm³/mol. The van der Waals surface area contributed by atoms with Crippen LogP contribution in [0.5, 0.6) is 17.2 Å². The minimum absolute atomic E-state index is 0.208. The third-order valence-electron chi connectivity index (χ3n) is 4.81. The molecule has 0 fully saturated rings. The zero-order chi connectivity index (χ0) is 24.1. The first-order chi connectivity index (χ1) is 16.3. The summed E-state index contributed by atoms with van der Waals surface area (Å²) in [6.07, 6.45) is -3.26. The second kappa shape index (κ2) is 10.2. The average molecular weight is 535 g/mol. The highest BCUT2D eigenvalue weighted by Gasteiger charge is 2.30. The van der Waals surface area contributed by atoms with Crippen molar-refractivity contribution in [1.29, 1.82) is 0 Å². The van der Waals surface area contributed by atoms with E-state index in [-0.39, 0.29) is 18.8 Å². The van der Waals surface area contributed by atoms with Crippen LogP contribution in [0.25, 0.3) is 0 Å². The summed E-state index contributed by atoms with van der Waals surface area (Å²) < 4.78 is 55.6. The molecule has 4 rings (SSSR count). The number of carbonyl (C=O) groups is 1. The third-order valence-corrected chi connectivity index (χ3v) is 5.43. The smallest absolute Gasteiger partial charge is 0.416 e. The Bertz CT molecular complexity index is 1230. The molecule has 3 aromatic carbocycles. The van der Waals surface area contributed by atoms with Gasteiger partial charge < -0.3 is 14.2 Å². The Hall–Kier alpha value is -3.53. The van der Waals surface area contributed by atoms with Crippen LogP contribution in [0.2, 0.25) is 0 Å². The van der Waals surface area contributed by atoms with Crippen LogP contribution < -0.4 is 19.6 Å². The van der Waals surface area contributed by atoms with Gasteiger partial charge in [-0.1, -0.05) is 24.3 Å². The molecule has 176 valence electrons. The molecule has 34 heavy (non-hydrogen) atoms. The molecule has 1 N–H and O–H groups in total. The van der Waals surface area contributed by atoms with Gasteiger partial charge in [-0.25, -0.2) is 5.43 Å². The van der Waals surface area contributed by atoms with Crippen molar-refractivity contribution < 1.29 is 32.2 Å². The number of ether oxygens (including phenoxy) is 3. The Morgan fingerprint density at radius 1 is 1.06 bits per heavy atom. The Morgan fingerprint density at radius 3 is 2.68 bits per heavy atom.